The lowest BCUT2D eigenvalue weighted by Gasteiger charge is -2.40. The minimum atomic E-state index is -0.313. The van der Waals surface area contributed by atoms with E-state index in [1.807, 2.05) is 48.5 Å². The monoisotopic (exact) mass is 310 g/mol. The third-order valence-corrected chi connectivity index (χ3v) is 4.22. The Morgan fingerprint density at radius 2 is 1.91 bits per heavy atom. The number of ether oxygens (including phenoxy) is 2. The van der Waals surface area contributed by atoms with Crippen LogP contribution in [0.3, 0.4) is 0 Å². The molecule has 0 aliphatic carbocycles. The highest BCUT2D eigenvalue weighted by Crippen LogP contribution is 2.42. The van der Waals surface area contributed by atoms with E-state index in [0.29, 0.717) is 13.2 Å². The molecule has 2 aromatic carbocycles. The Morgan fingerprint density at radius 3 is 2.78 bits per heavy atom. The minimum absolute atomic E-state index is 0.283. The molecule has 2 aliphatic heterocycles. The van der Waals surface area contributed by atoms with Gasteiger partial charge in [0.05, 0.1) is 12.2 Å². The molecule has 0 bridgehead atoms. The SMILES string of the molecule is O=C(OCc1ccccc1)N1CCN2CCOc3cccc1c32. The molecule has 0 N–H and O–H groups in total. The number of anilines is 2. The van der Waals surface area contributed by atoms with Crippen LogP contribution in [0.4, 0.5) is 16.2 Å². The molecule has 23 heavy (non-hydrogen) atoms. The highest BCUT2D eigenvalue weighted by molar-refractivity contribution is 5.95. The Morgan fingerprint density at radius 1 is 1.04 bits per heavy atom. The van der Waals surface area contributed by atoms with Crippen molar-refractivity contribution in [1.29, 1.82) is 0 Å². The van der Waals surface area contributed by atoms with Crippen molar-refractivity contribution in [3.05, 3.63) is 54.1 Å². The van der Waals surface area contributed by atoms with Gasteiger partial charge in [-0.2, -0.15) is 0 Å². The largest absolute Gasteiger partial charge is 0.489 e. The van der Waals surface area contributed by atoms with Gasteiger partial charge in [0.15, 0.2) is 0 Å². The predicted molar refractivity (Wildman–Crippen MR) is 88.1 cm³/mol. The number of amides is 1. The second-order valence-electron chi connectivity index (χ2n) is 5.65. The molecule has 4 rings (SSSR count). The molecular weight excluding hydrogens is 292 g/mol. The number of carbonyl (C=O) groups is 1. The van der Waals surface area contributed by atoms with E-state index in [4.69, 9.17) is 9.47 Å². The van der Waals surface area contributed by atoms with Crippen LogP contribution in [0.25, 0.3) is 0 Å². The molecule has 5 heteroatoms. The van der Waals surface area contributed by atoms with Gasteiger partial charge in [0, 0.05) is 13.1 Å². The number of hydrogen-bond donors (Lipinski definition) is 0. The maximum absolute atomic E-state index is 12.5. The Kier molecular flexibility index (Phi) is 3.54. The standard InChI is InChI=1S/C18H18N2O3/c21-18(23-13-14-5-2-1-3-6-14)20-10-9-19-11-12-22-16-8-4-7-15(20)17(16)19/h1-8H,9-13H2. The van der Waals surface area contributed by atoms with Gasteiger partial charge in [0.1, 0.15) is 24.7 Å². The summed E-state index contributed by atoms with van der Waals surface area (Å²) in [6.45, 7) is 3.26. The van der Waals surface area contributed by atoms with E-state index in [1.165, 1.54) is 0 Å². The number of nitrogens with zero attached hydrogens (tertiary/aromatic N) is 2. The van der Waals surface area contributed by atoms with Crippen LogP contribution in [-0.2, 0) is 11.3 Å². The van der Waals surface area contributed by atoms with Gasteiger partial charge in [0.2, 0.25) is 0 Å². The summed E-state index contributed by atoms with van der Waals surface area (Å²) in [5.41, 5.74) is 2.85. The van der Waals surface area contributed by atoms with Crippen molar-refractivity contribution in [2.24, 2.45) is 0 Å². The number of hydrogen-bond acceptors (Lipinski definition) is 4. The number of benzene rings is 2. The molecule has 0 fully saturated rings. The first kappa shape index (κ1) is 13.9. The van der Waals surface area contributed by atoms with Crippen molar-refractivity contribution >= 4 is 17.5 Å². The molecule has 5 nitrogen and oxygen atoms in total. The molecule has 2 aliphatic rings. The Balaban J connectivity index is 1.54. The minimum Gasteiger partial charge on any atom is -0.489 e. The number of rotatable bonds is 2. The van der Waals surface area contributed by atoms with Crippen LogP contribution in [0, 0.1) is 0 Å². The van der Waals surface area contributed by atoms with Gasteiger partial charge in [-0.15, -0.1) is 0 Å². The van der Waals surface area contributed by atoms with Crippen LogP contribution >= 0.6 is 0 Å². The molecule has 0 saturated heterocycles. The lowest BCUT2D eigenvalue weighted by Crippen LogP contribution is -2.47. The zero-order valence-corrected chi connectivity index (χ0v) is 12.8. The molecule has 0 atom stereocenters. The molecule has 2 heterocycles. The maximum Gasteiger partial charge on any atom is 0.414 e. The molecule has 118 valence electrons. The van der Waals surface area contributed by atoms with Crippen molar-refractivity contribution in [2.75, 3.05) is 36.0 Å². The summed E-state index contributed by atoms with van der Waals surface area (Å²) in [7, 11) is 0. The second kappa shape index (κ2) is 5.83. The van der Waals surface area contributed by atoms with Crippen molar-refractivity contribution in [3.8, 4) is 5.75 Å². The van der Waals surface area contributed by atoms with Gasteiger partial charge in [-0.1, -0.05) is 36.4 Å². The first-order valence-corrected chi connectivity index (χ1v) is 7.82. The van der Waals surface area contributed by atoms with Crippen molar-refractivity contribution < 1.29 is 14.3 Å². The van der Waals surface area contributed by atoms with Crippen LogP contribution in [0.5, 0.6) is 5.75 Å². The topological polar surface area (TPSA) is 42.0 Å². The number of para-hydroxylation sites is 1. The molecule has 0 saturated carbocycles. The molecular formula is C18H18N2O3. The number of carbonyl (C=O) groups excluding carboxylic acids is 1. The lowest BCUT2D eigenvalue weighted by molar-refractivity contribution is 0.147. The first-order valence-electron chi connectivity index (χ1n) is 7.82. The lowest BCUT2D eigenvalue weighted by atomic mass is 10.1. The maximum atomic E-state index is 12.5. The zero-order chi connectivity index (χ0) is 15.6. The van der Waals surface area contributed by atoms with Gasteiger partial charge in [-0.3, -0.25) is 4.90 Å². The van der Waals surface area contributed by atoms with Gasteiger partial charge in [-0.05, 0) is 17.7 Å². The normalized spacial score (nSPS) is 15.7. The molecule has 0 aromatic heterocycles. The fourth-order valence-corrected chi connectivity index (χ4v) is 3.09. The van der Waals surface area contributed by atoms with Crippen molar-refractivity contribution in [3.63, 3.8) is 0 Å². The van der Waals surface area contributed by atoms with E-state index in [2.05, 4.69) is 4.90 Å². The van der Waals surface area contributed by atoms with E-state index in [0.717, 1.165) is 35.8 Å². The quantitative estimate of drug-likeness (QED) is 0.855. The van der Waals surface area contributed by atoms with Crippen molar-refractivity contribution in [1.82, 2.24) is 0 Å². The molecule has 2 aromatic rings. The summed E-state index contributed by atoms with van der Waals surface area (Å²) >= 11 is 0. The molecule has 0 spiro atoms. The summed E-state index contributed by atoms with van der Waals surface area (Å²) < 4.78 is 11.2. The van der Waals surface area contributed by atoms with Crippen LogP contribution < -0.4 is 14.5 Å². The first-order chi connectivity index (χ1) is 11.3. The third kappa shape index (κ3) is 2.59. The Labute approximate surface area is 135 Å². The Bertz CT molecular complexity index is 717. The summed E-state index contributed by atoms with van der Waals surface area (Å²) in [5, 5.41) is 0. The third-order valence-electron chi connectivity index (χ3n) is 4.22. The molecule has 0 radical (unpaired) electrons. The average molecular weight is 310 g/mol. The average Bonchev–Trinajstić information content (AvgIpc) is 2.61. The fourth-order valence-electron chi connectivity index (χ4n) is 3.09. The zero-order valence-electron chi connectivity index (χ0n) is 12.8. The van der Waals surface area contributed by atoms with E-state index in [-0.39, 0.29) is 12.7 Å². The highest BCUT2D eigenvalue weighted by Gasteiger charge is 2.32. The molecule has 0 unspecified atom stereocenters. The second-order valence-corrected chi connectivity index (χ2v) is 5.65. The van der Waals surface area contributed by atoms with Gasteiger partial charge >= 0.3 is 6.09 Å². The predicted octanol–water partition coefficient (Wildman–Crippen LogP) is 3.04. The van der Waals surface area contributed by atoms with E-state index in [1.54, 1.807) is 4.90 Å². The van der Waals surface area contributed by atoms with Gasteiger partial charge < -0.3 is 14.4 Å². The Hall–Kier alpha value is -2.69. The molecule has 1 amide bonds. The highest BCUT2D eigenvalue weighted by atomic mass is 16.6. The van der Waals surface area contributed by atoms with E-state index >= 15 is 0 Å². The van der Waals surface area contributed by atoms with Crippen LogP contribution in [0.1, 0.15) is 5.56 Å². The van der Waals surface area contributed by atoms with Gasteiger partial charge in [0.25, 0.3) is 0 Å². The van der Waals surface area contributed by atoms with Crippen LogP contribution in [0.15, 0.2) is 48.5 Å². The summed E-state index contributed by atoms with van der Waals surface area (Å²) in [6.07, 6.45) is -0.313. The van der Waals surface area contributed by atoms with Crippen LogP contribution in [0.2, 0.25) is 0 Å². The summed E-state index contributed by atoms with van der Waals surface area (Å²) in [6, 6.07) is 15.5. The smallest absolute Gasteiger partial charge is 0.414 e. The summed E-state index contributed by atoms with van der Waals surface area (Å²) in [4.78, 5) is 16.5. The van der Waals surface area contributed by atoms with Crippen LogP contribution in [-0.4, -0.2) is 32.3 Å². The van der Waals surface area contributed by atoms with Gasteiger partial charge in [-0.25, -0.2) is 4.79 Å². The van der Waals surface area contributed by atoms with E-state index in [9.17, 15) is 4.79 Å². The summed E-state index contributed by atoms with van der Waals surface area (Å²) in [5.74, 6) is 0.842. The van der Waals surface area contributed by atoms with Crippen molar-refractivity contribution in [2.45, 2.75) is 6.61 Å². The van der Waals surface area contributed by atoms with E-state index < -0.39 is 0 Å². The fraction of sp³-hybridized carbons (Fsp3) is 0.278.